The predicted molar refractivity (Wildman–Crippen MR) is 126 cm³/mol. The van der Waals surface area contributed by atoms with Crippen LogP contribution < -0.4 is 0 Å². The van der Waals surface area contributed by atoms with Crippen LogP contribution in [-0.2, 0) is 20.9 Å². The zero-order valence-corrected chi connectivity index (χ0v) is 19.5. The molecule has 0 fully saturated rings. The fourth-order valence-electron chi connectivity index (χ4n) is 3.52. The summed E-state index contributed by atoms with van der Waals surface area (Å²) in [6, 6.07) is 10.5. The molecule has 170 valence electrons. The lowest BCUT2D eigenvalue weighted by Crippen LogP contribution is -2.12. The SMILES string of the molecule is CCCCCC[C@H](C/C=C\CCCCCCCC(=O)OCC)OCc1ccccc1. The van der Waals surface area contributed by atoms with Crippen LogP contribution in [0.3, 0.4) is 0 Å². The molecule has 0 saturated heterocycles. The summed E-state index contributed by atoms with van der Waals surface area (Å²) in [7, 11) is 0. The van der Waals surface area contributed by atoms with Gasteiger partial charge in [-0.1, -0.05) is 94.4 Å². The minimum Gasteiger partial charge on any atom is -0.466 e. The third kappa shape index (κ3) is 15.3. The van der Waals surface area contributed by atoms with E-state index in [1.54, 1.807) is 0 Å². The molecule has 1 rings (SSSR count). The van der Waals surface area contributed by atoms with Gasteiger partial charge in [0.05, 0.1) is 19.3 Å². The summed E-state index contributed by atoms with van der Waals surface area (Å²) >= 11 is 0. The van der Waals surface area contributed by atoms with Crippen molar-refractivity contribution in [1.82, 2.24) is 0 Å². The van der Waals surface area contributed by atoms with Crippen LogP contribution in [0.5, 0.6) is 0 Å². The molecule has 0 saturated carbocycles. The molecule has 0 aliphatic rings. The Labute approximate surface area is 185 Å². The summed E-state index contributed by atoms with van der Waals surface area (Å²) < 4.78 is 11.2. The van der Waals surface area contributed by atoms with Crippen LogP contribution in [0.15, 0.2) is 42.5 Å². The van der Waals surface area contributed by atoms with Gasteiger partial charge in [0.15, 0.2) is 0 Å². The second-order valence-electron chi connectivity index (χ2n) is 8.09. The van der Waals surface area contributed by atoms with E-state index in [1.807, 2.05) is 6.92 Å². The minimum absolute atomic E-state index is 0.0563. The van der Waals surface area contributed by atoms with E-state index in [-0.39, 0.29) is 5.97 Å². The quantitative estimate of drug-likeness (QED) is 0.131. The van der Waals surface area contributed by atoms with E-state index in [1.165, 1.54) is 50.5 Å². The van der Waals surface area contributed by atoms with Gasteiger partial charge in [0.25, 0.3) is 0 Å². The zero-order chi connectivity index (χ0) is 21.7. The van der Waals surface area contributed by atoms with E-state index >= 15 is 0 Å². The van der Waals surface area contributed by atoms with E-state index in [0.717, 1.165) is 32.1 Å². The molecule has 3 heteroatoms. The highest BCUT2D eigenvalue weighted by atomic mass is 16.5. The number of carbonyl (C=O) groups excluding carboxylic acids is 1. The molecule has 0 N–H and O–H groups in total. The Morgan fingerprint density at radius 2 is 1.63 bits per heavy atom. The molecule has 1 aromatic rings. The molecule has 0 amide bonds. The van der Waals surface area contributed by atoms with Crippen LogP contribution in [0.2, 0.25) is 0 Å². The highest BCUT2D eigenvalue weighted by Gasteiger charge is 2.07. The maximum Gasteiger partial charge on any atom is 0.305 e. The summed E-state index contributed by atoms with van der Waals surface area (Å²) in [6.45, 7) is 5.31. The molecule has 3 nitrogen and oxygen atoms in total. The number of carbonyl (C=O) groups is 1. The fourth-order valence-corrected chi connectivity index (χ4v) is 3.52. The van der Waals surface area contributed by atoms with Gasteiger partial charge >= 0.3 is 5.97 Å². The highest BCUT2D eigenvalue weighted by molar-refractivity contribution is 5.69. The molecule has 0 radical (unpaired) electrons. The smallest absolute Gasteiger partial charge is 0.305 e. The number of unbranched alkanes of at least 4 members (excludes halogenated alkanes) is 8. The summed E-state index contributed by atoms with van der Waals surface area (Å²) in [5, 5.41) is 0. The Morgan fingerprint density at radius 1 is 0.900 bits per heavy atom. The maximum absolute atomic E-state index is 11.3. The van der Waals surface area contributed by atoms with Crippen molar-refractivity contribution in [2.24, 2.45) is 0 Å². The molecule has 0 spiro atoms. The molecular formula is C27H44O3. The first-order valence-corrected chi connectivity index (χ1v) is 12.2. The maximum atomic E-state index is 11.3. The number of benzene rings is 1. The van der Waals surface area contributed by atoms with Crippen LogP contribution in [0, 0.1) is 0 Å². The molecule has 30 heavy (non-hydrogen) atoms. The van der Waals surface area contributed by atoms with Crippen molar-refractivity contribution in [3.05, 3.63) is 48.0 Å². The molecule has 0 aromatic heterocycles. The van der Waals surface area contributed by atoms with Crippen LogP contribution in [-0.4, -0.2) is 18.7 Å². The van der Waals surface area contributed by atoms with Gasteiger partial charge in [-0.2, -0.15) is 0 Å². The Balaban J connectivity index is 2.15. The number of esters is 1. The molecule has 0 unspecified atom stereocenters. The van der Waals surface area contributed by atoms with E-state index < -0.39 is 0 Å². The van der Waals surface area contributed by atoms with Crippen molar-refractivity contribution in [2.45, 2.75) is 110 Å². The number of ether oxygens (including phenoxy) is 2. The van der Waals surface area contributed by atoms with Crippen LogP contribution in [0.1, 0.15) is 103 Å². The monoisotopic (exact) mass is 416 g/mol. The molecule has 0 heterocycles. The normalized spacial score (nSPS) is 12.3. The lowest BCUT2D eigenvalue weighted by atomic mass is 10.1. The fraction of sp³-hybridized carbons (Fsp3) is 0.667. The van der Waals surface area contributed by atoms with E-state index in [9.17, 15) is 4.79 Å². The lowest BCUT2D eigenvalue weighted by Gasteiger charge is -2.16. The average Bonchev–Trinajstić information content (AvgIpc) is 2.76. The summed E-state index contributed by atoms with van der Waals surface area (Å²) in [5.74, 6) is -0.0563. The largest absolute Gasteiger partial charge is 0.466 e. The van der Waals surface area contributed by atoms with Gasteiger partial charge in [0.2, 0.25) is 0 Å². The van der Waals surface area contributed by atoms with Gasteiger partial charge in [-0.05, 0) is 44.6 Å². The molecular weight excluding hydrogens is 372 g/mol. The van der Waals surface area contributed by atoms with E-state index in [2.05, 4.69) is 49.4 Å². The number of allylic oxidation sites excluding steroid dienone is 1. The first-order valence-electron chi connectivity index (χ1n) is 12.2. The van der Waals surface area contributed by atoms with Crippen molar-refractivity contribution in [1.29, 1.82) is 0 Å². The summed E-state index contributed by atoms with van der Waals surface area (Å²) in [4.78, 5) is 11.3. The molecule has 1 aromatic carbocycles. The molecule has 1 atom stereocenters. The van der Waals surface area contributed by atoms with Crippen molar-refractivity contribution in [2.75, 3.05) is 6.61 Å². The van der Waals surface area contributed by atoms with Gasteiger partial charge in [0.1, 0.15) is 0 Å². The predicted octanol–water partition coefficient (Wildman–Crippen LogP) is 7.78. The van der Waals surface area contributed by atoms with Gasteiger partial charge < -0.3 is 9.47 Å². The Kier molecular flexibility index (Phi) is 17.1. The number of rotatable bonds is 19. The van der Waals surface area contributed by atoms with E-state index in [0.29, 0.717) is 25.7 Å². The van der Waals surface area contributed by atoms with Crippen LogP contribution >= 0.6 is 0 Å². The molecule has 0 bridgehead atoms. The lowest BCUT2D eigenvalue weighted by molar-refractivity contribution is -0.143. The number of hydrogen-bond acceptors (Lipinski definition) is 3. The van der Waals surface area contributed by atoms with Gasteiger partial charge in [-0.3, -0.25) is 4.79 Å². The van der Waals surface area contributed by atoms with Crippen LogP contribution in [0.4, 0.5) is 0 Å². The Morgan fingerprint density at radius 3 is 2.40 bits per heavy atom. The summed E-state index contributed by atoms with van der Waals surface area (Å²) in [5.41, 5.74) is 1.25. The van der Waals surface area contributed by atoms with Crippen molar-refractivity contribution in [3.8, 4) is 0 Å². The van der Waals surface area contributed by atoms with Crippen molar-refractivity contribution >= 4 is 5.97 Å². The Hall–Kier alpha value is -1.61. The Bertz CT molecular complexity index is 538. The zero-order valence-electron chi connectivity index (χ0n) is 19.5. The van der Waals surface area contributed by atoms with E-state index in [4.69, 9.17) is 9.47 Å². The summed E-state index contributed by atoms with van der Waals surface area (Å²) in [6.07, 6.45) is 19.7. The van der Waals surface area contributed by atoms with Gasteiger partial charge in [-0.25, -0.2) is 0 Å². The van der Waals surface area contributed by atoms with Crippen molar-refractivity contribution < 1.29 is 14.3 Å². The standard InChI is InChI=1S/C27H44O3/c1-3-5-6-16-21-26(30-24-25-19-14-13-15-20-25)22-17-11-9-7-8-10-12-18-23-27(28)29-4-2/h11,13-15,17,19-20,26H,3-10,12,16,18,21-24H2,1-2H3/b17-11-/t26-/m1/s1. The van der Waals surface area contributed by atoms with Crippen molar-refractivity contribution in [3.63, 3.8) is 0 Å². The topological polar surface area (TPSA) is 35.5 Å². The second-order valence-corrected chi connectivity index (χ2v) is 8.09. The molecule has 0 aliphatic heterocycles. The molecule has 0 aliphatic carbocycles. The third-order valence-electron chi connectivity index (χ3n) is 5.33. The first kappa shape index (κ1) is 26.4. The van der Waals surface area contributed by atoms with Gasteiger partial charge in [0, 0.05) is 6.42 Å². The van der Waals surface area contributed by atoms with Gasteiger partial charge in [-0.15, -0.1) is 0 Å². The average molecular weight is 417 g/mol. The number of hydrogen-bond donors (Lipinski definition) is 0. The minimum atomic E-state index is -0.0563. The highest BCUT2D eigenvalue weighted by Crippen LogP contribution is 2.15. The third-order valence-corrected chi connectivity index (χ3v) is 5.33. The second kappa shape index (κ2) is 19.4. The first-order chi connectivity index (χ1) is 14.8. The van der Waals surface area contributed by atoms with Crippen LogP contribution in [0.25, 0.3) is 0 Å².